The van der Waals surface area contributed by atoms with Gasteiger partial charge in [0.2, 0.25) is 0 Å². The second-order valence-corrected chi connectivity index (χ2v) is 8.58. The first-order valence-corrected chi connectivity index (χ1v) is 11.6. The van der Waals surface area contributed by atoms with Crippen LogP contribution in [0.5, 0.6) is 0 Å². The van der Waals surface area contributed by atoms with E-state index in [0.717, 1.165) is 39.1 Å². The third-order valence-corrected chi connectivity index (χ3v) is 6.37. The van der Waals surface area contributed by atoms with Gasteiger partial charge in [0.05, 0.1) is 5.69 Å². The lowest BCUT2D eigenvalue weighted by Crippen LogP contribution is -2.24. The van der Waals surface area contributed by atoms with Crippen molar-refractivity contribution in [2.45, 2.75) is 19.1 Å². The summed E-state index contributed by atoms with van der Waals surface area (Å²) in [6, 6.07) is 21.5. The number of methoxy groups -OCH3 is 1. The summed E-state index contributed by atoms with van der Waals surface area (Å²) in [6.45, 7) is 0.397. The molecule has 0 bridgehead atoms. The van der Waals surface area contributed by atoms with E-state index in [-0.39, 0.29) is 12.0 Å². The summed E-state index contributed by atoms with van der Waals surface area (Å²) < 4.78 is 7.71. The Bertz CT molecular complexity index is 1410. The minimum absolute atomic E-state index is 0.132. The fourth-order valence-electron chi connectivity index (χ4n) is 4.58. The lowest BCUT2D eigenvalue weighted by Gasteiger charge is -2.28. The van der Waals surface area contributed by atoms with E-state index in [4.69, 9.17) is 15.3 Å². The van der Waals surface area contributed by atoms with Gasteiger partial charge in [0.1, 0.15) is 13.2 Å². The molecule has 1 aromatic heterocycles. The number of carbonyl (C=O) groups excluding carboxylic acids is 1. The SMILES string of the molecule is CON=C(N)c1ccc(CNC(=O)c2ccc3c(c2)Cc2cc(-n4cccn4)ccc2[C@@H]3OC)cc1. The van der Waals surface area contributed by atoms with E-state index in [1.54, 1.807) is 13.3 Å². The number of hydrogen-bond donors (Lipinski definition) is 2. The monoisotopic (exact) mass is 481 g/mol. The Morgan fingerprint density at radius 2 is 1.78 bits per heavy atom. The molecule has 0 spiro atoms. The molecule has 0 unspecified atom stereocenters. The van der Waals surface area contributed by atoms with Crippen LogP contribution in [0.2, 0.25) is 0 Å². The molecular formula is C28H27N5O3. The molecule has 1 aliphatic carbocycles. The van der Waals surface area contributed by atoms with Crippen LogP contribution < -0.4 is 11.1 Å². The fraction of sp³-hybridized carbons (Fsp3) is 0.179. The van der Waals surface area contributed by atoms with Crippen molar-refractivity contribution in [1.29, 1.82) is 0 Å². The summed E-state index contributed by atoms with van der Waals surface area (Å²) in [7, 11) is 3.16. The molecule has 1 amide bonds. The summed E-state index contributed by atoms with van der Waals surface area (Å²) in [4.78, 5) is 17.7. The van der Waals surface area contributed by atoms with Gasteiger partial charge in [0.25, 0.3) is 5.91 Å². The first-order valence-electron chi connectivity index (χ1n) is 11.6. The standard InChI is InChI=1S/C28H27N5O3/c1-35-26-24-10-8-20(28(34)30-17-18-4-6-19(7-5-18)27(29)32-36-2)14-21(24)15-22-16-23(9-11-25(22)26)33-13-3-12-31-33/h3-14,16,26H,15,17H2,1-2H3,(H2,29,32)(H,30,34)/t26-/m1/s1. The van der Waals surface area contributed by atoms with Crippen LogP contribution in [0.1, 0.15) is 49.8 Å². The van der Waals surface area contributed by atoms with Gasteiger partial charge < -0.3 is 20.6 Å². The van der Waals surface area contributed by atoms with E-state index in [1.807, 2.05) is 59.4 Å². The Labute approximate surface area is 209 Å². The predicted molar refractivity (Wildman–Crippen MR) is 137 cm³/mol. The number of hydrogen-bond acceptors (Lipinski definition) is 5. The highest BCUT2D eigenvalue weighted by molar-refractivity contribution is 5.97. The number of amidine groups is 1. The molecule has 1 atom stereocenters. The number of nitrogens with one attached hydrogen (secondary N) is 1. The van der Waals surface area contributed by atoms with Gasteiger partial charge in [-0.2, -0.15) is 5.10 Å². The van der Waals surface area contributed by atoms with Gasteiger partial charge in [0.15, 0.2) is 5.84 Å². The van der Waals surface area contributed by atoms with Crippen molar-refractivity contribution in [1.82, 2.24) is 15.1 Å². The minimum Gasteiger partial charge on any atom is -0.397 e. The third kappa shape index (κ3) is 4.58. The highest BCUT2D eigenvalue weighted by Crippen LogP contribution is 2.38. The van der Waals surface area contributed by atoms with E-state index in [0.29, 0.717) is 24.4 Å². The van der Waals surface area contributed by atoms with E-state index in [1.165, 1.54) is 7.11 Å². The second-order valence-electron chi connectivity index (χ2n) is 8.58. The molecule has 1 heterocycles. The van der Waals surface area contributed by atoms with Crippen molar-refractivity contribution in [2.24, 2.45) is 10.9 Å². The lowest BCUT2D eigenvalue weighted by atomic mass is 9.83. The molecule has 0 fully saturated rings. The number of rotatable bonds is 7. The molecule has 8 nitrogen and oxygen atoms in total. The molecule has 5 rings (SSSR count). The summed E-state index contributed by atoms with van der Waals surface area (Å²) in [5, 5.41) is 11.1. The third-order valence-electron chi connectivity index (χ3n) is 6.37. The van der Waals surface area contributed by atoms with Gasteiger partial charge >= 0.3 is 0 Å². The molecule has 182 valence electrons. The summed E-state index contributed by atoms with van der Waals surface area (Å²) in [5.74, 6) is 0.169. The molecule has 0 aliphatic heterocycles. The largest absolute Gasteiger partial charge is 0.397 e. The van der Waals surface area contributed by atoms with Crippen molar-refractivity contribution >= 4 is 11.7 Å². The number of carbonyl (C=O) groups is 1. The zero-order chi connectivity index (χ0) is 25.1. The number of fused-ring (bicyclic) bond motifs is 2. The van der Waals surface area contributed by atoms with Gasteiger partial charge in [-0.3, -0.25) is 4.79 Å². The van der Waals surface area contributed by atoms with Crippen LogP contribution in [0, 0.1) is 0 Å². The van der Waals surface area contributed by atoms with Gasteiger partial charge in [-0.05, 0) is 64.6 Å². The zero-order valence-electron chi connectivity index (χ0n) is 20.1. The second kappa shape index (κ2) is 10.1. The summed E-state index contributed by atoms with van der Waals surface area (Å²) in [5.41, 5.74) is 13.6. The first kappa shape index (κ1) is 23.3. The van der Waals surface area contributed by atoms with Crippen LogP contribution in [0.4, 0.5) is 0 Å². The molecule has 0 radical (unpaired) electrons. The van der Waals surface area contributed by atoms with Crippen LogP contribution in [0.15, 0.2) is 84.3 Å². The van der Waals surface area contributed by atoms with Crippen LogP contribution in [-0.2, 0) is 22.5 Å². The average Bonchev–Trinajstić information content (AvgIpc) is 3.45. The number of nitrogens with zero attached hydrogens (tertiary/aromatic N) is 3. The number of nitrogens with two attached hydrogens (primary N) is 1. The fourth-order valence-corrected chi connectivity index (χ4v) is 4.58. The molecule has 0 saturated carbocycles. The number of ether oxygens (including phenoxy) is 1. The smallest absolute Gasteiger partial charge is 0.251 e. The highest BCUT2D eigenvalue weighted by atomic mass is 16.6. The van der Waals surface area contributed by atoms with Crippen molar-refractivity contribution in [3.8, 4) is 5.69 Å². The van der Waals surface area contributed by atoms with Crippen LogP contribution in [0.3, 0.4) is 0 Å². The van der Waals surface area contributed by atoms with Crippen molar-refractivity contribution < 1.29 is 14.4 Å². The number of oxime groups is 1. The average molecular weight is 482 g/mol. The molecule has 3 N–H and O–H groups in total. The Balaban J connectivity index is 1.33. The maximum absolute atomic E-state index is 13.0. The Hall–Kier alpha value is -4.43. The summed E-state index contributed by atoms with van der Waals surface area (Å²) in [6.07, 6.45) is 4.22. The van der Waals surface area contributed by atoms with E-state index in [9.17, 15) is 4.79 Å². The molecule has 8 heteroatoms. The number of amides is 1. The topological polar surface area (TPSA) is 104 Å². The first-order chi connectivity index (χ1) is 17.6. The Morgan fingerprint density at radius 1 is 1.06 bits per heavy atom. The van der Waals surface area contributed by atoms with Crippen LogP contribution in [0.25, 0.3) is 5.69 Å². The molecule has 1 aliphatic rings. The quantitative estimate of drug-likeness (QED) is 0.238. The zero-order valence-corrected chi connectivity index (χ0v) is 20.1. The number of aromatic nitrogens is 2. The molecular weight excluding hydrogens is 454 g/mol. The summed E-state index contributed by atoms with van der Waals surface area (Å²) >= 11 is 0. The van der Waals surface area contributed by atoms with E-state index >= 15 is 0 Å². The maximum atomic E-state index is 13.0. The maximum Gasteiger partial charge on any atom is 0.251 e. The lowest BCUT2D eigenvalue weighted by molar-refractivity contribution is 0.0950. The van der Waals surface area contributed by atoms with Gasteiger partial charge in [-0.15, -0.1) is 0 Å². The van der Waals surface area contributed by atoms with Crippen molar-refractivity contribution in [3.05, 3.63) is 118 Å². The Morgan fingerprint density at radius 3 is 2.47 bits per heavy atom. The van der Waals surface area contributed by atoms with Gasteiger partial charge in [0, 0.05) is 37.2 Å². The van der Waals surface area contributed by atoms with Gasteiger partial charge in [-0.1, -0.05) is 41.6 Å². The molecule has 36 heavy (non-hydrogen) atoms. The van der Waals surface area contributed by atoms with Crippen LogP contribution in [-0.4, -0.2) is 35.7 Å². The van der Waals surface area contributed by atoms with Crippen molar-refractivity contribution in [3.63, 3.8) is 0 Å². The Kier molecular flexibility index (Phi) is 6.51. The predicted octanol–water partition coefficient (Wildman–Crippen LogP) is 3.71. The normalized spacial score (nSPS) is 14.6. The highest BCUT2D eigenvalue weighted by Gasteiger charge is 2.26. The van der Waals surface area contributed by atoms with Gasteiger partial charge in [-0.25, -0.2) is 4.68 Å². The van der Waals surface area contributed by atoms with E-state index in [2.05, 4.69) is 33.8 Å². The molecule has 3 aromatic carbocycles. The van der Waals surface area contributed by atoms with Crippen molar-refractivity contribution in [2.75, 3.05) is 14.2 Å². The van der Waals surface area contributed by atoms with Crippen LogP contribution >= 0.6 is 0 Å². The molecule has 0 saturated heterocycles. The minimum atomic E-state index is -0.180. The number of benzene rings is 3. The van der Waals surface area contributed by atoms with E-state index < -0.39 is 0 Å². The molecule has 4 aromatic rings.